The fraction of sp³-hybridized carbons (Fsp3) is 0.375. The number of benzene rings is 2. The Morgan fingerprint density at radius 1 is 0.966 bits per heavy atom. The number of hydrogen-bond acceptors (Lipinski definition) is 4. The van der Waals surface area contributed by atoms with Crippen LogP contribution in [-0.2, 0) is 19.4 Å². The van der Waals surface area contributed by atoms with E-state index in [1.165, 1.54) is 16.7 Å². The average Bonchev–Trinajstić information content (AvgIpc) is 2.68. The highest BCUT2D eigenvalue weighted by atomic mass is 35.5. The largest absolute Gasteiger partial charge is 0.471 e. The number of hydrogen-bond donors (Lipinski definition) is 0. The highest BCUT2D eigenvalue weighted by molar-refractivity contribution is 6.33. The van der Waals surface area contributed by atoms with Crippen molar-refractivity contribution in [3.8, 4) is 5.75 Å². The summed E-state index contributed by atoms with van der Waals surface area (Å²) in [4.78, 5) is 14.9. The Morgan fingerprint density at radius 3 is 2.38 bits per heavy atom. The number of fused-ring (bicyclic) bond motifs is 5. The lowest BCUT2D eigenvalue weighted by molar-refractivity contribution is 0.289. The Balaban J connectivity index is 1.70. The molecule has 1 aliphatic heterocycles. The van der Waals surface area contributed by atoms with Gasteiger partial charge in [-0.15, -0.1) is 0 Å². The first kappa shape index (κ1) is 18.6. The Hall–Kier alpha value is -2.46. The molecule has 0 fully saturated rings. The molecule has 0 radical (unpaired) electrons. The molecule has 5 rings (SSSR count). The minimum Gasteiger partial charge on any atom is -0.471 e. The molecule has 0 N–H and O–H groups in total. The summed E-state index contributed by atoms with van der Waals surface area (Å²) in [7, 11) is 0. The number of ether oxygens (including phenoxy) is 1. The maximum absolute atomic E-state index is 12.7. The van der Waals surface area contributed by atoms with Crippen LogP contribution in [-0.4, -0.2) is 6.73 Å². The smallest absolute Gasteiger partial charge is 0.339 e. The van der Waals surface area contributed by atoms with Gasteiger partial charge in [-0.2, -0.15) is 0 Å². The van der Waals surface area contributed by atoms with E-state index in [2.05, 4.69) is 37.8 Å². The molecule has 1 aromatic heterocycles. The second-order valence-corrected chi connectivity index (χ2v) is 8.72. The second kappa shape index (κ2) is 6.81. The van der Waals surface area contributed by atoms with Crippen LogP contribution in [0.2, 0.25) is 5.02 Å². The zero-order chi connectivity index (χ0) is 20.3. The van der Waals surface area contributed by atoms with Gasteiger partial charge in [-0.05, 0) is 69.2 Å². The molecule has 0 unspecified atom stereocenters. The van der Waals surface area contributed by atoms with Gasteiger partial charge in [0.05, 0.1) is 17.1 Å². The molecule has 1 aliphatic carbocycles. The minimum atomic E-state index is -0.212. The van der Waals surface area contributed by atoms with Crippen molar-refractivity contribution in [2.75, 3.05) is 11.6 Å². The van der Waals surface area contributed by atoms with Crippen molar-refractivity contribution in [3.05, 3.63) is 67.0 Å². The highest BCUT2D eigenvalue weighted by Gasteiger charge is 2.28. The summed E-state index contributed by atoms with van der Waals surface area (Å²) in [6, 6.07) is 6.29. The Morgan fingerprint density at radius 2 is 1.66 bits per heavy atom. The predicted molar refractivity (Wildman–Crippen MR) is 116 cm³/mol. The van der Waals surface area contributed by atoms with Crippen LogP contribution in [0.1, 0.15) is 46.2 Å². The summed E-state index contributed by atoms with van der Waals surface area (Å²) in [5, 5.41) is 1.55. The van der Waals surface area contributed by atoms with E-state index in [1.807, 2.05) is 6.07 Å². The normalized spacial score (nSPS) is 15.8. The fourth-order valence-electron chi connectivity index (χ4n) is 5.08. The lowest BCUT2D eigenvalue weighted by Gasteiger charge is -2.34. The van der Waals surface area contributed by atoms with Gasteiger partial charge in [-0.25, -0.2) is 4.79 Å². The van der Waals surface area contributed by atoms with Crippen LogP contribution >= 0.6 is 11.6 Å². The van der Waals surface area contributed by atoms with Crippen LogP contribution in [0.25, 0.3) is 11.0 Å². The Kier molecular flexibility index (Phi) is 4.36. The molecule has 0 bridgehead atoms. The molecule has 0 spiro atoms. The Bertz CT molecular complexity index is 1190. The monoisotopic (exact) mass is 409 g/mol. The zero-order valence-corrected chi connectivity index (χ0v) is 17.8. The summed E-state index contributed by atoms with van der Waals surface area (Å²) in [5.74, 6) is 0.636. The molecular weight excluding hydrogens is 386 g/mol. The molecule has 4 nitrogen and oxygen atoms in total. The van der Waals surface area contributed by atoms with Gasteiger partial charge in [0.1, 0.15) is 11.3 Å². The summed E-state index contributed by atoms with van der Waals surface area (Å²) in [6.45, 7) is 7.36. The van der Waals surface area contributed by atoms with Crippen LogP contribution < -0.4 is 15.3 Å². The van der Waals surface area contributed by atoms with Crippen molar-refractivity contribution in [3.63, 3.8) is 0 Å². The average molecular weight is 410 g/mol. The SMILES string of the molecule is Cc1cc(C)c(N2COc3c(Cl)cc4c5c(c(=O)oc4c3C2)CCCC5)c(C)c1. The number of anilines is 1. The molecule has 2 aromatic carbocycles. The second-order valence-electron chi connectivity index (χ2n) is 8.32. The molecule has 2 heterocycles. The van der Waals surface area contributed by atoms with E-state index < -0.39 is 0 Å². The number of rotatable bonds is 1. The van der Waals surface area contributed by atoms with Gasteiger partial charge in [0.2, 0.25) is 0 Å². The van der Waals surface area contributed by atoms with Crippen LogP contribution in [0.5, 0.6) is 5.75 Å². The van der Waals surface area contributed by atoms with E-state index in [4.69, 9.17) is 20.8 Å². The van der Waals surface area contributed by atoms with E-state index in [9.17, 15) is 4.79 Å². The molecule has 0 saturated heterocycles. The van der Waals surface area contributed by atoms with Gasteiger partial charge in [0.15, 0.2) is 6.73 Å². The van der Waals surface area contributed by atoms with Gasteiger partial charge in [-0.1, -0.05) is 29.3 Å². The summed E-state index contributed by atoms with van der Waals surface area (Å²) in [6.07, 6.45) is 3.80. The van der Waals surface area contributed by atoms with Gasteiger partial charge in [0, 0.05) is 16.6 Å². The van der Waals surface area contributed by atoms with E-state index in [0.717, 1.165) is 53.4 Å². The Labute approximate surface area is 175 Å². The van der Waals surface area contributed by atoms with Crippen molar-refractivity contribution in [1.82, 2.24) is 0 Å². The summed E-state index contributed by atoms with van der Waals surface area (Å²) >= 11 is 6.62. The minimum absolute atomic E-state index is 0.212. The van der Waals surface area contributed by atoms with Crippen molar-refractivity contribution < 1.29 is 9.15 Å². The lowest BCUT2D eigenvalue weighted by atomic mass is 9.89. The molecule has 5 heteroatoms. The quantitative estimate of drug-likeness (QED) is 0.490. The summed E-state index contributed by atoms with van der Waals surface area (Å²) < 4.78 is 11.9. The topological polar surface area (TPSA) is 42.7 Å². The molecule has 150 valence electrons. The summed E-state index contributed by atoms with van der Waals surface area (Å²) in [5.41, 5.74) is 8.02. The van der Waals surface area contributed by atoms with E-state index in [0.29, 0.717) is 29.6 Å². The van der Waals surface area contributed by atoms with Gasteiger partial charge >= 0.3 is 5.63 Å². The number of nitrogens with zero attached hydrogens (tertiary/aromatic N) is 1. The van der Waals surface area contributed by atoms with Crippen LogP contribution in [0.15, 0.2) is 27.4 Å². The van der Waals surface area contributed by atoms with E-state index in [-0.39, 0.29) is 5.63 Å². The first-order chi connectivity index (χ1) is 13.9. The van der Waals surface area contributed by atoms with Gasteiger partial charge < -0.3 is 14.1 Å². The van der Waals surface area contributed by atoms with Crippen molar-refractivity contribution >= 4 is 28.3 Å². The third kappa shape index (κ3) is 2.93. The lowest BCUT2D eigenvalue weighted by Crippen LogP contribution is -2.33. The number of halogens is 1. The van der Waals surface area contributed by atoms with Crippen LogP contribution in [0, 0.1) is 20.8 Å². The molecule has 29 heavy (non-hydrogen) atoms. The maximum atomic E-state index is 12.7. The van der Waals surface area contributed by atoms with Crippen LogP contribution in [0.4, 0.5) is 5.69 Å². The third-order valence-corrected chi connectivity index (χ3v) is 6.46. The zero-order valence-electron chi connectivity index (χ0n) is 17.0. The molecule has 0 amide bonds. The number of aryl methyl sites for hydroxylation is 4. The first-order valence-corrected chi connectivity index (χ1v) is 10.6. The third-order valence-electron chi connectivity index (χ3n) is 6.18. The van der Waals surface area contributed by atoms with Crippen molar-refractivity contribution in [1.29, 1.82) is 0 Å². The fourth-order valence-corrected chi connectivity index (χ4v) is 5.36. The predicted octanol–water partition coefficient (Wildman–Crippen LogP) is 5.61. The maximum Gasteiger partial charge on any atom is 0.339 e. The highest BCUT2D eigenvalue weighted by Crippen LogP contribution is 2.42. The first-order valence-electron chi connectivity index (χ1n) is 10.2. The van der Waals surface area contributed by atoms with E-state index >= 15 is 0 Å². The molecular formula is C24H24ClNO3. The van der Waals surface area contributed by atoms with Gasteiger partial charge in [0.25, 0.3) is 0 Å². The molecule has 0 atom stereocenters. The molecule has 0 saturated carbocycles. The van der Waals surface area contributed by atoms with Crippen LogP contribution in [0.3, 0.4) is 0 Å². The van der Waals surface area contributed by atoms with Crippen molar-refractivity contribution in [2.24, 2.45) is 0 Å². The van der Waals surface area contributed by atoms with Gasteiger partial charge in [-0.3, -0.25) is 0 Å². The standard InChI is InChI=1S/C24H24ClNO3/c1-13-8-14(2)21(15(3)9-13)26-11-19-22-18(10-20(25)23(19)28-12-26)16-6-4-5-7-17(16)24(27)29-22/h8-10H,4-7,11-12H2,1-3H3. The van der Waals surface area contributed by atoms with Crippen molar-refractivity contribution in [2.45, 2.75) is 53.0 Å². The van der Waals surface area contributed by atoms with E-state index in [1.54, 1.807) is 0 Å². The molecule has 3 aromatic rings. The molecule has 2 aliphatic rings.